The highest BCUT2D eigenvalue weighted by atomic mass is 32.1. The van der Waals surface area contributed by atoms with Crippen LogP contribution >= 0.6 is 11.3 Å². The number of aliphatic imine (C=N–C) groups is 1. The number of hydrogen-bond donors (Lipinski definition) is 3. The summed E-state index contributed by atoms with van der Waals surface area (Å²) in [4.78, 5) is 9.92. The van der Waals surface area contributed by atoms with Gasteiger partial charge in [-0.05, 0) is 45.7 Å². The standard InChI is InChI=1S/C22H28N8S/c1-14-7-9-17(10-8-14)30-21(24)18(12-23)19(29-30)6-5-11-26-22(25-4)27-13-20-15(2)28-16(3)31-20/h7-10H,5-6,11,13,24H2,1-4H3,(H2,25,26,27). The molecule has 0 saturated heterocycles. The first-order valence-corrected chi connectivity index (χ1v) is 11.0. The predicted octanol–water partition coefficient (Wildman–Crippen LogP) is 3.01. The van der Waals surface area contributed by atoms with Crippen LogP contribution in [0.15, 0.2) is 29.3 Å². The van der Waals surface area contributed by atoms with E-state index in [9.17, 15) is 5.26 Å². The van der Waals surface area contributed by atoms with E-state index in [-0.39, 0.29) is 0 Å². The van der Waals surface area contributed by atoms with Gasteiger partial charge < -0.3 is 16.4 Å². The summed E-state index contributed by atoms with van der Waals surface area (Å²) in [5, 5.41) is 21.8. The largest absolute Gasteiger partial charge is 0.382 e. The molecule has 8 nitrogen and oxygen atoms in total. The minimum absolute atomic E-state index is 0.377. The molecule has 0 saturated carbocycles. The first-order chi connectivity index (χ1) is 14.9. The Morgan fingerprint density at radius 3 is 2.58 bits per heavy atom. The number of thiazole rings is 1. The Bertz CT molecular complexity index is 1100. The van der Waals surface area contributed by atoms with Gasteiger partial charge in [-0.2, -0.15) is 10.4 Å². The molecule has 9 heteroatoms. The molecule has 2 aromatic heterocycles. The SMILES string of the molecule is CN=C(NCCCc1nn(-c2ccc(C)cc2)c(N)c1C#N)NCc1sc(C)nc1C. The fourth-order valence-corrected chi connectivity index (χ4v) is 4.12. The van der Waals surface area contributed by atoms with E-state index in [2.05, 4.69) is 31.8 Å². The normalized spacial score (nSPS) is 11.4. The molecule has 0 aliphatic heterocycles. The van der Waals surface area contributed by atoms with E-state index in [1.54, 1.807) is 23.1 Å². The lowest BCUT2D eigenvalue weighted by Gasteiger charge is -2.11. The average molecular weight is 437 g/mol. The Morgan fingerprint density at radius 1 is 1.23 bits per heavy atom. The maximum Gasteiger partial charge on any atom is 0.191 e. The monoisotopic (exact) mass is 436 g/mol. The molecule has 0 radical (unpaired) electrons. The minimum atomic E-state index is 0.377. The fraction of sp³-hybridized carbons (Fsp3) is 0.364. The molecule has 0 fully saturated rings. The number of anilines is 1. The van der Waals surface area contributed by atoms with E-state index in [1.807, 2.05) is 45.0 Å². The zero-order valence-corrected chi connectivity index (χ0v) is 19.2. The highest BCUT2D eigenvalue weighted by Crippen LogP contribution is 2.22. The topological polar surface area (TPSA) is 117 Å². The number of nitrogens with zero attached hydrogens (tertiary/aromatic N) is 5. The van der Waals surface area contributed by atoms with Gasteiger partial charge in [-0.3, -0.25) is 4.99 Å². The van der Waals surface area contributed by atoms with E-state index in [0.29, 0.717) is 36.6 Å². The van der Waals surface area contributed by atoms with Crippen LogP contribution in [0.2, 0.25) is 0 Å². The van der Waals surface area contributed by atoms with Gasteiger partial charge >= 0.3 is 0 Å². The predicted molar refractivity (Wildman–Crippen MR) is 126 cm³/mol. The third-order valence-corrected chi connectivity index (χ3v) is 5.98. The summed E-state index contributed by atoms with van der Waals surface area (Å²) >= 11 is 1.69. The molecule has 3 rings (SSSR count). The van der Waals surface area contributed by atoms with Gasteiger partial charge in [0.1, 0.15) is 17.5 Å². The van der Waals surface area contributed by atoms with Crippen molar-refractivity contribution in [1.82, 2.24) is 25.4 Å². The first kappa shape index (κ1) is 22.3. The molecular formula is C22H28N8S. The van der Waals surface area contributed by atoms with E-state index >= 15 is 0 Å². The zero-order valence-electron chi connectivity index (χ0n) is 18.4. The number of nitrogens with one attached hydrogen (secondary N) is 2. The Balaban J connectivity index is 1.56. The molecule has 162 valence electrons. The quantitative estimate of drug-likeness (QED) is 0.298. The molecule has 2 heterocycles. The second kappa shape index (κ2) is 10.1. The minimum Gasteiger partial charge on any atom is -0.382 e. The van der Waals surface area contributed by atoms with Gasteiger partial charge in [-0.25, -0.2) is 9.67 Å². The van der Waals surface area contributed by atoms with E-state index in [4.69, 9.17) is 5.73 Å². The molecule has 0 amide bonds. The van der Waals surface area contributed by atoms with Crippen molar-refractivity contribution in [3.05, 3.63) is 56.7 Å². The molecule has 31 heavy (non-hydrogen) atoms. The van der Waals surface area contributed by atoms with Crippen molar-refractivity contribution in [2.75, 3.05) is 19.3 Å². The van der Waals surface area contributed by atoms with Gasteiger partial charge in [-0.15, -0.1) is 11.3 Å². The third-order valence-electron chi connectivity index (χ3n) is 4.91. The van der Waals surface area contributed by atoms with E-state index in [0.717, 1.165) is 34.3 Å². The van der Waals surface area contributed by atoms with Crippen molar-refractivity contribution >= 4 is 23.1 Å². The number of nitrogens with two attached hydrogens (primary N) is 1. The Kier molecular flexibility index (Phi) is 7.26. The Labute approximate surface area is 186 Å². The third kappa shape index (κ3) is 5.41. The molecule has 3 aromatic rings. The molecule has 0 atom stereocenters. The lowest BCUT2D eigenvalue weighted by atomic mass is 10.1. The van der Waals surface area contributed by atoms with Crippen LogP contribution in [-0.2, 0) is 13.0 Å². The van der Waals surface area contributed by atoms with Gasteiger partial charge in [0, 0.05) is 18.5 Å². The molecule has 4 N–H and O–H groups in total. The van der Waals surface area contributed by atoms with Crippen LogP contribution in [0.4, 0.5) is 5.82 Å². The second-order valence-electron chi connectivity index (χ2n) is 7.26. The van der Waals surface area contributed by atoms with Crippen LogP contribution in [0.3, 0.4) is 0 Å². The number of hydrogen-bond acceptors (Lipinski definition) is 6. The van der Waals surface area contributed by atoms with E-state index in [1.165, 1.54) is 4.88 Å². The van der Waals surface area contributed by atoms with Gasteiger partial charge in [0.2, 0.25) is 0 Å². The molecule has 0 aliphatic rings. The number of guanidine groups is 1. The summed E-state index contributed by atoms with van der Waals surface area (Å²) in [5.41, 5.74) is 10.4. The van der Waals surface area contributed by atoms with Gasteiger partial charge in [0.15, 0.2) is 5.96 Å². The summed E-state index contributed by atoms with van der Waals surface area (Å²) in [5.74, 6) is 1.11. The number of rotatable bonds is 7. The summed E-state index contributed by atoms with van der Waals surface area (Å²) < 4.78 is 1.64. The fourth-order valence-electron chi connectivity index (χ4n) is 3.24. The molecular weight excluding hydrogens is 408 g/mol. The number of nitrogen functional groups attached to an aromatic ring is 1. The second-order valence-corrected chi connectivity index (χ2v) is 8.55. The van der Waals surface area contributed by atoms with Gasteiger partial charge in [0.05, 0.1) is 28.6 Å². The highest BCUT2D eigenvalue weighted by molar-refractivity contribution is 7.11. The summed E-state index contributed by atoms with van der Waals surface area (Å²) in [6, 6.07) is 10.1. The van der Waals surface area contributed by atoms with Crippen LogP contribution < -0.4 is 16.4 Å². The molecule has 0 bridgehead atoms. The van der Waals surface area contributed by atoms with Crippen molar-refractivity contribution in [2.24, 2.45) is 4.99 Å². The number of aromatic nitrogens is 3. The lowest BCUT2D eigenvalue weighted by Crippen LogP contribution is -2.37. The van der Waals surface area contributed by atoms with Crippen molar-refractivity contribution in [2.45, 2.75) is 40.2 Å². The van der Waals surface area contributed by atoms with Crippen molar-refractivity contribution in [3.8, 4) is 11.8 Å². The highest BCUT2D eigenvalue weighted by Gasteiger charge is 2.16. The van der Waals surface area contributed by atoms with Crippen LogP contribution in [0, 0.1) is 32.1 Å². The summed E-state index contributed by atoms with van der Waals surface area (Å²) in [6.45, 7) is 7.44. The number of benzene rings is 1. The molecule has 0 unspecified atom stereocenters. The first-order valence-electron chi connectivity index (χ1n) is 10.1. The van der Waals surface area contributed by atoms with Crippen LogP contribution in [0.5, 0.6) is 0 Å². The zero-order chi connectivity index (χ0) is 22.4. The van der Waals surface area contributed by atoms with Crippen molar-refractivity contribution < 1.29 is 0 Å². The summed E-state index contributed by atoms with van der Waals surface area (Å²) in [6.07, 6.45) is 1.43. The van der Waals surface area contributed by atoms with Gasteiger partial charge in [0.25, 0.3) is 0 Å². The number of aryl methyl sites for hydroxylation is 4. The Morgan fingerprint density at radius 2 is 1.97 bits per heavy atom. The Hall–Kier alpha value is -3.38. The van der Waals surface area contributed by atoms with E-state index < -0.39 is 0 Å². The smallest absolute Gasteiger partial charge is 0.191 e. The molecule has 0 aliphatic carbocycles. The van der Waals surface area contributed by atoms with Crippen molar-refractivity contribution in [1.29, 1.82) is 5.26 Å². The average Bonchev–Trinajstić information content (AvgIpc) is 3.25. The summed E-state index contributed by atoms with van der Waals surface area (Å²) in [7, 11) is 1.75. The van der Waals surface area contributed by atoms with Gasteiger partial charge in [-0.1, -0.05) is 17.7 Å². The maximum absolute atomic E-state index is 9.56. The maximum atomic E-state index is 9.56. The molecule has 1 aromatic carbocycles. The number of nitriles is 1. The van der Waals surface area contributed by atoms with Crippen LogP contribution in [0.1, 0.15) is 38.8 Å². The van der Waals surface area contributed by atoms with Crippen LogP contribution in [0.25, 0.3) is 5.69 Å². The lowest BCUT2D eigenvalue weighted by molar-refractivity contribution is 0.722. The molecule has 0 spiro atoms. The van der Waals surface area contributed by atoms with Crippen LogP contribution in [-0.4, -0.2) is 34.3 Å². The van der Waals surface area contributed by atoms with Crippen molar-refractivity contribution in [3.63, 3.8) is 0 Å².